The Kier molecular flexibility index (Phi) is 6.07. The molecular weight excluding hydrogens is 300 g/mol. The number of nitrogens with zero attached hydrogens (tertiary/aromatic N) is 1. The minimum atomic E-state index is 0.117. The molecule has 0 aliphatic carbocycles. The average molecular weight is 326 g/mol. The molecule has 2 heterocycles. The first-order valence-corrected chi connectivity index (χ1v) is 8.85. The molecule has 1 unspecified atom stereocenters. The summed E-state index contributed by atoms with van der Waals surface area (Å²) in [5, 5.41) is 3.09. The third-order valence-corrected chi connectivity index (χ3v) is 4.62. The Balaban J connectivity index is 1.38. The zero-order valence-corrected chi connectivity index (χ0v) is 14.1. The molecule has 1 fully saturated rings. The number of likely N-dealkylation sites (tertiary alicyclic amines) is 1. The number of piperidine rings is 1. The fraction of sp³-hybridized carbons (Fsp3) is 0.450. The van der Waals surface area contributed by atoms with Crippen molar-refractivity contribution in [3.63, 3.8) is 0 Å². The van der Waals surface area contributed by atoms with E-state index in [2.05, 4.69) is 40.5 Å². The first-order chi connectivity index (χ1) is 11.8. The molecule has 128 valence electrons. The van der Waals surface area contributed by atoms with Crippen LogP contribution in [0.4, 0.5) is 0 Å². The van der Waals surface area contributed by atoms with E-state index in [9.17, 15) is 4.79 Å². The predicted octanol–water partition coefficient (Wildman–Crippen LogP) is 3.24. The van der Waals surface area contributed by atoms with Crippen LogP contribution in [-0.2, 0) is 17.8 Å². The summed E-state index contributed by atoms with van der Waals surface area (Å²) >= 11 is 0. The molecule has 4 heteroatoms. The van der Waals surface area contributed by atoms with Gasteiger partial charge in [0.05, 0.1) is 6.26 Å². The number of carbonyl (C=O) groups is 1. The van der Waals surface area contributed by atoms with E-state index < -0.39 is 0 Å². The summed E-state index contributed by atoms with van der Waals surface area (Å²) in [4.78, 5) is 14.5. The highest BCUT2D eigenvalue weighted by Gasteiger charge is 2.20. The third kappa shape index (κ3) is 5.24. The molecule has 1 aliphatic rings. The molecule has 0 spiro atoms. The van der Waals surface area contributed by atoms with Gasteiger partial charge in [-0.05, 0) is 43.0 Å². The Morgan fingerprint density at radius 2 is 2.08 bits per heavy atom. The van der Waals surface area contributed by atoms with Crippen molar-refractivity contribution in [1.82, 2.24) is 10.2 Å². The highest BCUT2D eigenvalue weighted by atomic mass is 16.3. The summed E-state index contributed by atoms with van der Waals surface area (Å²) in [6.45, 7) is 4.00. The van der Waals surface area contributed by atoms with E-state index in [-0.39, 0.29) is 5.91 Å². The highest BCUT2D eigenvalue weighted by molar-refractivity contribution is 5.76. The van der Waals surface area contributed by atoms with Crippen LogP contribution in [0.1, 0.15) is 30.6 Å². The molecule has 0 bridgehead atoms. The molecule has 1 atom stereocenters. The maximum Gasteiger partial charge on any atom is 0.220 e. The molecular formula is C20H26N2O2. The van der Waals surface area contributed by atoms with E-state index in [1.54, 1.807) is 6.26 Å². The van der Waals surface area contributed by atoms with Crippen LogP contribution < -0.4 is 5.32 Å². The van der Waals surface area contributed by atoms with Gasteiger partial charge >= 0.3 is 0 Å². The number of furan rings is 1. The zero-order valence-electron chi connectivity index (χ0n) is 14.1. The van der Waals surface area contributed by atoms with Crippen molar-refractivity contribution in [3.8, 4) is 0 Å². The minimum absolute atomic E-state index is 0.117. The zero-order chi connectivity index (χ0) is 16.6. The summed E-state index contributed by atoms with van der Waals surface area (Å²) in [6.07, 6.45) is 5.22. The molecule has 3 rings (SSSR count). The standard InChI is InChI=1S/C20H26N2O2/c23-20(11-10-19-9-5-13-24-19)21-14-18-8-4-12-22(16-18)15-17-6-2-1-3-7-17/h1-3,5-7,9,13,18H,4,8,10-12,14-16H2,(H,21,23). The van der Waals surface area contributed by atoms with Crippen LogP contribution in [0.15, 0.2) is 53.1 Å². The van der Waals surface area contributed by atoms with Crippen molar-refractivity contribution in [2.24, 2.45) is 5.92 Å². The van der Waals surface area contributed by atoms with Crippen molar-refractivity contribution >= 4 is 5.91 Å². The van der Waals surface area contributed by atoms with Crippen molar-refractivity contribution in [2.45, 2.75) is 32.2 Å². The lowest BCUT2D eigenvalue weighted by atomic mass is 9.97. The first-order valence-electron chi connectivity index (χ1n) is 8.85. The lowest BCUT2D eigenvalue weighted by molar-refractivity contribution is -0.121. The second kappa shape index (κ2) is 8.69. The molecule has 0 radical (unpaired) electrons. The average Bonchev–Trinajstić information content (AvgIpc) is 3.13. The number of hydrogen-bond acceptors (Lipinski definition) is 3. The monoisotopic (exact) mass is 326 g/mol. The Labute approximate surface area is 143 Å². The van der Waals surface area contributed by atoms with Crippen LogP contribution in [0, 0.1) is 5.92 Å². The fourth-order valence-corrected chi connectivity index (χ4v) is 3.34. The molecule has 24 heavy (non-hydrogen) atoms. The van der Waals surface area contributed by atoms with Crippen LogP contribution in [0.5, 0.6) is 0 Å². The van der Waals surface area contributed by atoms with Crippen LogP contribution in [0.3, 0.4) is 0 Å². The van der Waals surface area contributed by atoms with Gasteiger partial charge in [0, 0.05) is 32.5 Å². The molecule has 1 aromatic carbocycles. The summed E-state index contributed by atoms with van der Waals surface area (Å²) in [6, 6.07) is 14.4. The minimum Gasteiger partial charge on any atom is -0.469 e. The second-order valence-electron chi connectivity index (χ2n) is 6.61. The molecule has 4 nitrogen and oxygen atoms in total. The maximum absolute atomic E-state index is 12.0. The molecule has 1 aromatic heterocycles. The van der Waals surface area contributed by atoms with Gasteiger partial charge in [0.15, 0.2) is 0 Å². The van der Waals surface area contributed by atoms with Crippen molar-refractivity contribution in [3.05, 3.63) is 60.1 Å². The van der Waals surface area contributed by atoms with E-state index >= 15 is 0 Å². The van der Waals surface area contributed by atoms with Crippen molar-refractivity contribution in [1.29, 1.82) is 0 Å². The van der Waals surface area contributed by atoms with Gasteiger partial charge in [-0.15, -0.1) is 0 Å². The van der Waals surface area contributed by atoms with Gasteiger partial charge in [0.2, 0.25) is 5.91 Å². The topological polar surface area (TPSA) is 45.5 Å². The number of aryl methyl sites for hydroxylation is 1. The predicted molar refractivity (Wildman–Crippen MR) is 94.5 cm³/mol. The van der Waals surface area contributed by atoms with E-state index in [1.807, 2.05) is 12.1 Å². The molecule has 1 saturated heterocycles. The van der Waals surface area contributed by atoms with Crippen LogP contribution in [-0.4, -0.2) is 30.4 Å². The molecule has 1 N–H and O–H groups in total. The number of nitrogens with one attached hydrogen (secondary N) is 1. The van der Waals surface area contributed by atoms with Crippen LogP contribution in [0.2, 0.25) is 0 Å². The SMILES string of the molecule is O=C(CCc1ccco1)NCC1CCCN(Cc2ccccc2)C1. The van der Waals surface area contributed by atoms with E-state index in [0.29, 0.717) is 18.8 Å². The van der Waals surface area contributed by atoms with E-state index in [1.165, 1.54) is 18.4 Å². The highest BCUT2D eigenvalue weighted by Crippen LogP contribution is 2.18. The van der Waals surface area contributed by atoms with Crippen LogP contribution >= 0.6 is 0 Å². The molecule has 1 aliphatic heterocycles. The first kappa shape index (κ1) is 16.8. The van der Waals surface area contributed by atoms with Gasteiger partial charge in [0.1, 0.15) is 5.76 Å². The van der Waals surface area contributed by atoms with Crippen molar-refractivity contribution in [2.75, 3.05) is 19.6 Å². The lowest BCUT2D eigenvalue weighted by Crippen LogP contribution is -2.40. The summed E-state index contributed by atoms with van der Waals surface area (Å²) in [5.74, 6) is 1.54. The van der Waals surface area contributed by atoms with Gasteiger partial charge in [0.25, 0.3) is 0 Å². The number of benzene rings is 1. The van der Waals surface area contributed by atoms with Crippen LogP contribution in [0.25, 0.3) is 0 Å². The van der Waals surface area contributed by atoms with Gasteiger partial charge in [-0.25, -0.2) is 0 Å². The second-order valence-corrected chi connectivity index (χ2v) is 6.61. The normalized spacial score (nSPS) is 18.4. The summed E-state index contributed by atoms with van der Waals surface area (Å²) < 4.78 is 5.26. The summed E-state index contributed by atoms with van der Waals surface area (Å²) in [7, 11) is 0. The maximum atomic E-state index is 12.0. The Hall–Kier alpha value is -2.07. The van der Waals surface area contributed by atoms with Gasteiger partial charge in [-0.2, -0.15) is 0 Å². The quantitative estimate of drug-likeness (QED) is 0.849. The Bertz CT molecular complexity index is 610. The lowest BCUT2D eigenvalue weighted by Gasteiger charge is -2.32. The smallest absolute Gasteiger partial charge is 0.220 e. The third-order valence-electron chi connectivity index (χ3n) is 4.62. The summed E-state index contributed by atoms with van der Waals surface area (Å²) in [5.41, 5.74) is 1.36. The Morgan fingerprint density at radius 3 is 2.88 bits per heavy atom. The number of carbonyl (C=O) groups excluding carboxylic acids is 1. The van der Waals surface area contributed by atoms with Gasteiger partial charge < -0.3 is 9.73 Å². The van der Waals surface area contributed by atoms with Crippen molar-refractivity contribution < 1.29 is 9.21 Å². The molecule has 0 saturated carbocycles. The fourth-order valence-electron chi connectivity index (χ4n) is 3.34. The number of amides is 1. The largest absolute Gasteiger partial charge is 0.469 e. The van der Waals surface area contributed by atoms with Gasteiger partial charge in [-0.1, -0.05) is 30.3 Å². The molecule has 2 aromatic rings. The number of rotatable bonds is 7. The Morgan fingerprint density at radius 1 is 1.21 bits per heavy atom. The van der Waals surface area contributed by atoms with E-state index in [0.717, 1.165) is 31.9 Å². The van der Waals surface area contributed by atoms with E-state index in [4.69, 9.17) is 4.42 Å². The molecule has 1 amide bonds. The van der Waals surface area contributed by atoms with Gasteiger partial charge in [-0.3, -0.25) is 9.69 Å². The number of hydrogen-bond donors (Lipinski definition) is 1.